The summed E-state index contributed by atoms with van der Waals surface area (Å²) in [6.07, 6.45) is 7.93. The topological polar surface area (TPSA) is 74.6 Å². The molecule has 1 saturated carbocycles. The Morgan fingerprint density at radius 2 is 2.00 bits per heavy atom. The lowest BCUT2D eigenvalue weighted by Gasteiger charge is -2.31. The molecule has 1 aliphatic rings. The monoisotopic (exact) mass is 321 g/mol. The fraction of sp³-hybridized carbons (Fsp3) is 0.647. The van der Waals surface area contributed by atoms with E-state index in [1.807, 2.05) is 0 Å². The van der Waals surface area contributed by atoms with Gasteiger partial charge in [0.1, 0.15) is 5.76 Å². The molecule has 128 valence electrons. The van der Waals surface area contributed by atoms with Crippen LogP contribution in [-0.2, 0) is 4.79 Å². The zero-order valence-corrected chi connectivity index (χ0v) is 14.1. The van der Waals surface area contributed by atoms with E-state index in [1.54, 1.807) is 13.0 Å². The summed E-state index contributed by atoms with van der Waals surface area (Å²) in [6.45, 7) is 3.14. The van der Waals surface area contributed by atoms with E-state index in [2.05, 4.69) is 22.6 Å². The number of carbonyl (C=O) groups is 2. The highest BCUT2D eigenvalue weighted by Crippen LogP contribution is 2.21. The van der Waals surface area contributed by atoms with E-state index in [0.717, 1.165) is 6.54 Å². The minimum atomic E-state index is -0.286. The average Bonchev–Trinajstić information content (AvgIpc) is 2.99. The van der Waals surface area contributed by atoms with Gasteiger partial charge in [0.15, 0.2) is 0 Å². The number of furan rings is 1. The molecule has 2 rings (SSSR count). The Balaban J connectivity index is 1.61. The second kappa shape index (κ2) is 8.72. The fourth-order valence-corrected chi connectivity index (χ4v) is 3.01. The smallest absolute Gasteiger partial charge is 0.255 e. The van der Waals surface area contributed by atoms with Crippen molar-refractivity contribution >= 4 is 11.8 Å². The minimum Gasteiger partial charge on any atom is -0.469 e. The molecule has 0 atom stereocenters. The summed E-state index contributed by atoms with van der Waals surface area (Å²) in [6, 6.07) is 2.24. The average molecular weight is 321 g/mol. The number of amides is 2. The molecule has 1 heterocycles. The maximum atomic E-state index is 11.9. The van der Waals surface area contributed by atoms with E-state index in [-0.39, 0.29) is 18.4 Å². The Kier molecular flexibility index (Phi) is 6.65. The van der Waals surface area contributed by atoms with Crippen LogP contribution >= 0.6 is 0 Å². The molecule has 1 aliphatic carbocycles. The molecule has 6 heteroatoms. The van der Waals surface area contributed by atoms with Crippen LogP contribution < -0.4 is 10.6 Å². The van der Waals surface area contributed by atoms with Crippen LogP contribution in [0.2, 0.25) is 0 Å². The molecule has 2 N–H and O–H groups in total. The van der Waals surface area contributed by atoms with Crippen LogP contribution in [0.1, 0.15) is 48.2 Å². The van der Waals surface area contributed by atoms with Gasteiger partial charge in [-0.1, -0.05) is 19.3 Å². The predicted molar refractivity (Wildman–Crippen MR) is 88.3 cm³/mol. The second-order valence-corrected chi connectivity index (χ2v) is 6.20. The van der Waals surface area contributed by atoms with Crippen LogP contribution in [0, 0.1) is 6.92 Å². The molecule has 0 unspecified atom stereocenters. The van der Waals surface area contributed by atoms with Gasteiger partial charge < -0.3 is 20.0 Å². The highest BCUT2D eigenvalue weighted by atomic mass is 16.3. The Morgan fingerprint density at radius 1 is 1.26 bits per heavy atom. The van der Waals surface area contributed by atoms with E-state index in [4.69, 9.17) is 4.42 Å². The third-order valence-corrected chi connectivity index (χ3v) is 4.50. The first-order valence-corrected chi connectivity index (χ1v) is 8.37. The van der Waals surface area contributed by atoms with E-state index in [1.165, 1.54) is 38.4 Å². The maximum Gasteiger partial charge on any atom is 0.255 e. The predicted octanol–water partition coefficient (Wildman–Crippen LogP) is 1.70. The number of nitrogens with one attached hydrogen (secondary N) is 2. The largest absolute Gasteiger partial charge is 0.469 e. The number of hydrogen-bond donors (Lipinski definition) is 2. The number of aryl methyl sites for hydroxylation is 1. The minimum absolute atomic E-state index is 0.0173. The lowest BCUT2D eigenvalue weighted by atomic mass is 9.94. The molecular weight excluding hydrogens is 294 g/mol. The van der Waals surface area contributed by atoms with Crippen molar-refractivity contribution in [3.8, 4) is 0 Å². The van der Waals surface area contributed by atoms with Gasteiger partial charge in [-0.25, -0.2) is 0 Å². The molecule has 1 aromatic heterocycles. The zero-order chi connectivity index (χ0) is 16.7. The van der Waals surface area contributed by atoms with Crippen molar-refractivity contribution in [2.75, 3.05) is 26.7 Å². The number of nitrogens with zero attached hydrogens (tertiary/aromatic N) is 1. The molecule has 0 aromatic carbocycles. The standard InChI is InChI=1S/C17H27N3O3/c1-13-15(8-11-23-13)17(22)19-12-16(21)18-9-10-20(2)14-6-4-3-5-7-14/h8,11,14H,3-7,9-10,12H2,1-2H3,(H,18,21)(H,19,22). The summed E-state index contributed by atoms with van der Waals surface area (Å²) in [5.41, 5.74) is 0.467. The van der Waals surface area contributed by atoms with Crippen LogP contribution in [0.5, 0.6) is 0 Å². The third kappa shape index (κ3) is 5.39. The van der Waals surface area contributed by atoms with Gasteiger partial charge in [-0.2, -0.15) is 0 Å². The van der Waals surface area contributed by atoms with Crippen LogP contribution in [0.25, 0.3) is 0 Å². The van der Waals surface area contributed by atoms with Gasteiger partial charge in [0.25, 0.3) is 5.91 Å². The van der Waals surface area contributed by atoms with Gasteiger partial charge in [0.05, 0.1) is 18.4 Å². The van der Waals surface area contributed by atoms with Crippen LogP contribution in [-0.4, -0.2) is 49.4 Å². The molecule has 0 bridgehead atoms. The lowest BCUT2D eigenvalue weighted by molar-refractivity contribution is -0.120. The maximum absolute atomic E-state index is 11.9. The number of carbonyl (C=O) groups excluding carboxylic acids is 2. The number of likely N-dealkylation sites (N-methyl/N-ethyl adjacent to an activating group) is 1. The third-order valence-electron chi connectivity index (χ3n) is 4.50. The summed E-state index contributed by atoms with van der Waals surface area (Å²) in [7, 11) is 2.12. The Morgan fingerprint density at radius 3 is 2.65 bits per heavy atom. The first kappa shape index (κ1) is 17.5. The first-order valence-electron chi connectivity index (χ1n) is 8.37. The highest BCUT2D eigenvalue weighted by Gasteiger charge is 2.17. The van der Waals surface area contributed by atoms with Crippen molar-refractivity contribution in [2.45, 2.75) is 45.1 Å². The van der Waals surface area contributed by atoms with Crippen LogP contribution in [0.3, 0.4) is 0 Å². The SMILES string of the molecule is Cc1occc1C(=O)NCC(=O)NCCN(C)C1CCCCC1. The van der Waals surface area contributed by atoms with Gasteiger partial charge in [-0.3, -0.25) is 9.59 Å². The van der Waals surface area contributed by atoms with Gasteiger partial charge in [-0.15, -0.1) is 0 Å². The van der Waals surface area contributed by atoms with Crippen LogP contribution in [0.15, 0.2) is 16.7 Å². The van der Waals surface area contributed by atoms with E-state index in [0.29, 0.717) is 23.9 Å². The Bertz CT molecular complexity index is 521. The number of hydrogen-bond acceptors (Lipinski definition) is 4. The molecule has 1 fully saturated rings. The van der Waals surface area contributed by atoms with Crippen molar-refractivity contribution in [1.29, 1.82) is 0 Å². The van der Waals surface area contributed by atoms with Gasteiger partial charge in [0, 0.05) is 19.1 Å². The molecular formula is C17H27N3O3. The van der Waals surface area contributed by atoms with E-state index < -0.39 is 0 Å². The quantitative estimate of drug-likeness (QED) is 0.801. The Labute approximate surface area is 137 Å². The summed E-state index contributed by atoms with van der Waals surface area (Å²) < 4.78 is 5.07. The van der Waals surface area contributed by atoms with Crippen molar-refractivity contribution in [3.05, 3.63) is 23.7 Å². The van der Waals surface area contributed by atoms with Crippen LogP contribution in [0.4, 0.5) is 0 Å². The molecule has 23 heavy (non-hydrogen) atoms. The van der Waals surface area contributed by atoms with Crippen molar-refractivity contribution in [2.24, 2.45) is 0 Å². The van der Waals surface area contributed by atoms with Crippen molar-refractivity contribution < 1.29 is 14.0 Å². The zero-order valence-electron chi connectivity index (χ0n) is 14.1. The summed E-state index contributed by atoms with van der Waals surface area (Å²) >= 11 is 0. The summed E-state index contributed by atoms with van der Waals surface area (Å²) in [5.74, 6) is 0.0966. The molecule has 2 amide bonds. The summed E-state index contributed by atoms with van der Waals surface area (Å²) in [5, 5.41) is 5.45. The normalized spacial score (nSPS) is 15.6. The molecule has 0 radical (unpaired) electrons. The molecule has 1 aromatic rings. The first-order chi connectivity index (χ1) is 11.1. The van der Waals surface area contributed by atoms with Crippen molar-refractivity contribution in [3.63, 3.8) is 0 Å². The molecule has 6 nitrogen and oxygen atoms in total. The van der Waals surface area contributed by atoms with Gasteiger partial charge in [0.2, 0.25) is 5.91 Å². The number of rotatable bonds is 7. The van der Waals surface area contributed by atoms with E-state index in [9.17, 15) is 9.59 Å². The van der Waals surface area contributed by atoms with E-state index >= 15 is 0 Å². The van der Waals surface area contributed by atoms with Gasteiger partial charge >= 0.3 is 0 Å². The summed E-state index contributed by atoms with van der Waals surface area (Å²) in [4.78, 5) is 26.0. The van der Waals surface area contributed by atoms with Crippen molar-refractivity contribution in [1.82, 2.24) is 15.5 Å². The fourth-order valence-electron chi connectivity index (χ4n) is 3.01. The molecule has 0 spiro atoms. The lowest BCUT2D eigenvalue weighted by Crippen LogP contribution is -2.42. The second-order valence-electron chi connectivity index (χ2n) is 6.20. The molecule has 0 saturated heterocycles. The Hall–Kier alpha value is -1.82. The molecule has 0 aliphatic heterocycles. The van der Waals surface area contributed by atoms with Gasteiger partial charge in [-0.05, 0) is 32.9 Å². The highest BCUT2D eigenvalue weighted by molar-refractivity contribution is 5.97.